The van der Waals surface area contributed by atoms with Crippen molar-refractivity contribution in [1.29, 1.82) is 0 Å². The minimum absolute atomic E-state index is 0.325. The van der Waals surface area contributed by atoms with Gasteiger partial charge in [0.2, 0.25) is 0 Å². The Balaban J connectivity index is 1.71. The van der Waals surface area contributed by atoms with E-state index < -0.39 is 10.2 Å². The topological polar surface area (TPSA) is 61.4 Å². The van der Waals surface area contributed by atoms with Crippen LogP contribution in [0.4, 0.5) is 0 Å². The molecule has 1 fully saturated rings. The van der Waals surface area contributed by atoms with Gasteiger partial charge in [-0.3, -0.25) is 0 Å². The van der Waals surface area contributed by atoms with Crippen molar-refractivity contribution in [3.63, 3.8) is 0 Å². The quantitative estimate of drug-likeness (QED) is 0.642. The van der Waals surface area contributed by atoms with Crippen LogP contribution in [0.25, 0.3) is 0 Å². The van der Waals surface area contributed by atoms with E-state index in [9.17, 15) is 8.42 Å². The zero-order chi connectivity index (χ0) is 14.6. The number of halogens is 1. The van der Waals surface area contributed by atoms with E-state index in [0.717, 1.165) is 22.3 Å². The molecule has 1 aromatic heterocycles. The van der Waals surface area contributed by atoms with Crippen LogP contribution in [0.15, 0.2) is 15.9 Å². The third-order valence-electron chi connectivity index (χ3n) is 3.18. The summed E-state index contributed by atoms with van der Waals surface area (Å²) in [6.45, 7) is 1.73. The summed E-state index contributed by atoms with van der Waals surface area (Å²) >= 11 is 4.93. The van der Waals surface area contributed by atoms with Gasteiger partial charge in [0.15, 0.2) is 0 Å². The van der Waals surface area contributed by atoms with E-state index in [0.29, 0.717) is 19.1 Å². The molecule has 1 aliphatic rings. The fourth-order valence-electron chi connectivity index (χ4n) is 1.73. The minimum atomic E-state index is -3.40. The smallest absolute Gasteiger partial charge is 0.279 e. The molecule has 0 spiro atoms. The summed E-state index contributed by atoms with van der Waals surface area (Å²) in [5.41, 5.74) is 0. The number of nitrogens with zero attached hydrogens (tertiary/aromatic N) is 1. The summed E-state index contributed by atoms with van der Waals surface area (Å²) in [6.07, 6.45) is 3.34. The van der Waals surface area contributed by atoms with Crippen molar-refractivity contribution in [1.82, 2.24) is 14.3 Å². The first kappa shape index (κ1) is 16.4. The molecule has 0 amide bonds. The fraction of sp³-hybridized carbons (Fsp3) is 0.667. The Bertz CT molecular complexity index is 529. The van der Waals surface area contributed by atoms with Crippen molar-refractivity contribution in [2.24, 2.45) is 0 Å². The molecule has 0 unspecified atom stereocenters. The number of rotatable bonds is 9. The molecule has 2 rings (SSSR count). The lowest BCUT2D eigenvalue weighted by Crippen LogP contribution is -2.39. The van der Waals surface area contributed by atoms with Crippen molar-refractivity contribution in [3.05, 3.63) is 20.8 Å². The van der Waals surface area contributed by atoms with Gasteiger partial charge in [-0.15, -0.1) is 11.3 Å². The Morgan fingerprint density at radius 2 is 2.25 bits per heavy atom. The average Bonchev–Trinajstić information content (AvgIpc) is 3.14. The maximum atomic E-state index is 12.1. The summed E-state index contributed by atoms with van der Waals surface area (Å²) in [6, 6.07) is 2.59. The van der Waals surface area contributed by atoms with Gasteiger partial charge in [0.25, 0.3) is 10.2 Å². The van der Waals surface area contributed by atoms with E-state index in [-0.39, 0.29) is 0 Å². The third-order valence-corrected chi connectivity index (χ3v) is 6.62. The first-order chi connectivity index (χ1) is 9.49. The molecule has 8 heteroatoms. The summed E-state index contributed by atoms with van der Waals surface area (Å²) in [4.78, 5) is 0.984. The van der Waals surface area contributed by atoms with Crippen LogP contribution in [0.3, 0.4) is 0 Å². The second-order valence-corrected chi connectivity index (χ2v) is 8.64. The lowest BCUT2D eigenvalue weighted by Gasteiger charge is -2.17. The first-order valence-electron chi connectivity index (χ1n) is 6.65. The van der Waals surface area contributed by atoms with E-state index in [1.54, 1.807) is 7.05 Å². The zero-order valence-electron chi connectivity index (χ0n) is 11.4. The van der Waals surface area contributed by atoms with Crippen LogP contribution in [0.5, 0.6) is 0 Å². The zero-order valence-corrected chi connectivity index (χ0v) is 14.7. The summed E-state index contributed by atoms with van der Waals surface area (Å²) in [5, 5.41) is 5.31. The van der Waals surface area contributed by atoms with Crippen LogP contribution >= 0.6 is 27.3 Å². The van der Waals surface area contributed by atoms with Crippen LogP contribution in [-0.4, -0.2) is 38.9 Å². The highest BCUT2D eigenvalue weighted by Crippen LogP contribution is 2.22. The number of hydrogen-bond acceptors (Lipinski definition) is 4. The van der Waals surface area contributed by atoms with Crippen molar-refractivity contribution in [2.75, 3.05) is 20.1 Å². The van der Waals surface area contributed by atoms with E-state index >= 15 is 0 Å². The lowest BCUT2D eigenvalue weighted by atomic mass is 10.4. The highest BCUT2D eigenvalue weighted by atomic mass is 79.9. The Morgan fingerprint density at radius 3 is 2.85 bits per heavy atom. The maximum absolute atomic E-state index is 12.1. The van der Waals surface area contributed by atoms with E-state index in [1.165, 1.54) is 28.5 Å². The van der Waals surface area contributed by atoms with Gasteiger partial charge in [-0.2, -0.15) is 17.4 Å². The van der Waals surface area contributed by atoms with E-state index in [1.807, 2.05) is 11.4 Å². The van der Waals surface area contributed by atoms with Gasteiger partial charge in [-0.05, 0) is 53.2 Å². The Labute approximate surface area is 133 Å². The standard InChI is InChI=1S/C12H20BrN3O2S2/c1-16(7-2-6-14-10-3-4-10)20(17,18)15-9-12-11(13)5-8-19-12/h5,8,10,14-15H,2-4,6-7,9H2,1H3. The van der Waals surface area contributed by atoms with Crippen molar-refractivity contribution < 1.29 is 8.42 Å². The molecule has 1 aliphatic carbocycles. The SMILES string of the molecule is CN(CCCNC1CC1)S(=O)(=O)NCc1sccc1Br. The fourth-order valence-corrected chi connectivity index (χ4v) is 4.17. The van der Waals surface area contributed by atoms with Crippen molar-refractivity contribution in [3.8, 4) is 0 Å². The highest BCUT2D eigenvalue weighted by Gasteiger charge is 2.21. The van der Waals surface area contributed by atoms with Crippen molar-refractivity contribution >= 4 is 37.5 Å². The van der Waals surface area contributed by atoms with E-state index in [4.69, 9.17) is 0 Å². The molecule has 1 aromatic rings. The molecular weight excluding hydrogens is 362 g/mol. The Hall–Kier alpha value is 0.01000. The minimum Gasteiger partial charge on any atom is -0.314 e. The van der Waals surface area contributed by atoms with Gasteiger partial charge < -0.3 is 5.32 Å². The molecule has 0 saturated heterocycles. The van der Waals surface area contributed by atoms with Crippen molar-refractivity contribution in [2.45, 2.75) is 31.8 Å². The molecule has 20 heavy (non-hydrogen) atoms. The van der Waals surface area contributed by atoms with Crippen LogP contribution < -0.4 is 10.0 Å². The van der Waals surface area contributed by atoms with Crippen LogP contribution in [0, 0.1) is 0 Å². The molecule has 5 nitrogen and oxygen atoms in total. The molecule has 2 N–H and O–H groups in total. The second kappa shape index (κ2) is 7.33. The van der Waals surface area contributed by atoms with Gasteiger partial charge in [-0.25, -0.2) is 0 Å². The van der Waals surface area contributed by atoms with Gasteiger partial charge in [0, 0.05) is 35.5 Å². The van der Waals surface area contributed by atoms with Crippen LogP contribution in [-0.2, 0) is 16.8 Å². The predicted octanol–water partition coefficient (Wildman–Crippen LogP) is 1.92. The van der Waals surface area contributed by atoms with Gasteiger partial charge in [0.1, 0.15) is 0 Å². The lowest BCUT2D eigenvalue weighted by molar-refractivity contribution is 0.444. The second-order valence-electron chi connectivity index (χ2n) is 4.92. The van der Waals surface area contributed by atoms with Gasteiger partial charge >= 0.3 is 0 Å². The number of hydrogen-bond donors (Lipinski definition) is 2. The molecule has 0 aromatic carbocycles. The normalized spacial score (nSPS) is 15.9. The largest absolute Gasteiger partial charge is 0.314 e. The summed E-state index contributed by atoms with van der Waals surface area (Å²) < 4.78 is 29.1. The first-order valence-corrected chi connectivity index (χ1v) is 9.76. The molecule has 0 bridgehead atoms. The monoisotopic (exact) mass is 381 g/mol. The molecule has 1 saturated carbocycles. The molecule has 0 aliphatic heterocycles. The number of nitrogens with one attached hydrogen (secondary N) is 2. The Kier molecular flexibility index (Phi) is 6.00. The molecule has 1 heterocycles. The Morgan fingerprint density at radius 1 is 1.50 bits per heavy atom. The summed E-state index contributed by atoms with van der Waals surface area (Å²) in [5.74, 6) is 0. The third kappa shape index (κ3) is 5.09. The predicted molar refractivity (Wildman–Crippen MR) is 86.1 cm³/mol. The maximum Gasteiger partial charge on any atom is 0.279 e. The summed E-state index contributed by atoms with van der Waals surface area (Å²) in [7, 11) is -1.78. The average molecular weight is 382 g/mol. The molecule has 114 valence electrons. The highest BCUT2D eigenvalue weighted by molar-refractivity contribution is 9.10. The molecular formula is C12H20BrN3O2S2. The number of thiophene rings is 1. The van der Waals surface area contributed by atoms with Gasteiger partial charge in [0.05, 0.1) is 0 Å². The van der Waals surface area contributed by atoms with Crippen LogP contribution in [0.2, 0.25) is 0 Å². The van der Waals surface area contributed by atoms with Crippen LogP contribution in [0.1, 0.15) is 24.1 Å². The van der Waals surface area contributed by atoms with E-state index in [2.05, 4.69) is 26.0 Å². The van der Waals surface area contributed by atoms with Gasteiger partial charge in [-0.1, -0.05) is 0 Å². The molecule has 0 atom stereocenters. The molecule has 0 radical (unpaired) electrons.